The molecule has 3 aromatic rings. The van der Waals surface area contributed by atoms with Crippen LogP contribution in [0.1, 0.15) is 36.1 Å². The van der Waals surface area contributed by atoms with Gasteiger partial charge in [-0.3, -0.25) is 4.79 Å². The Bertz CT molecular complexity index is 869. The summed E-state index contributed by atoms with van der Waals surface area (Å²) < 4.78 is 5.05. The number of nitrogens with zero attached hydrogens (tertiary/aromatic N) is 1. The second kappa shape index (κ2) is 6.84. The lowest BCUT2D eigenvalue weighted by Crippen LogP contribution is -2.32. The summed E-state index contributed by atoms with van der Waals surface area (Å²) in [5, 5.41) is 13.0. The van der Waals surface area contributed by atoms with E-state index in [2.05, 4.69) is 15.3 Å². The number of aromatic amines is 1. The molecule has 0 aliphatic heterocycles. The Morgan fingerprint density at radius 3 is 2.64 bits per heavy atom. The number of carbonyl (C=O) groups is 1. The third-order valence-electron chi connectivity index (χ3n) is 4.11. The second-order valence-electron chi connectivity index (χ2n) is 6.22. The van der Waals surface area contributed by atoms with Crippen molar-refractivity contribution in [2.45, 2.75) is 19.9 Å². The zero-order chi connectivity index (χ0) is 18.0. The number of imidazole rings is 1. The van der Waals surface area contributed by atoms with E-state index < -0.39 is 0 Å². The molecule has 1 atom stereocenters. The SMILES string of the molecule is COc1ccc(C(=O)NC(c2nc3ccccc3[nH]2)C(C)C)c(O)c1. The number of rotatable bonds is 5. The van der Waals surface area contributed by atoms with Crippen LogP contribution >= 0.6 is 0 Å². The van der Waals surface area contributed by atoms with E-state index in [0.717, 1.165) is 11.0 Å². The molecule has 0 aliphatic carbocycles. The van der Waals surface area contributed by atoms with Gasteiger partial charge in [0.25, 0.3) is 5.91 Å². The fourth-order valence-corrected chi connectivity index (χ4v) is 2.72. The summed E-state index contributed by atoms with van der Waals surface area (Å²) in [6, 6.07) is 12.0. The van der Waals surface area contributed by atoms with E-state index in [0.29, 0.717) is 11.6 Å². The van der Waals surface area contributed by atoms with Gasteiger partial charge >= 0.3 is 0 Å². The molecular formula is C19H21N3O3. The highest BCUT2D eigenvalue weighted by Gasteiger charge is 2.23. The van der Waals surface area contributed by atoms with Crippen LogP contribution in [-0.2, 0) is 0 Å². The first-order valence-corrected chi connectivity index (χ1v) is 8.12. The molecule has 0 bridgehead atoms. The number of phenolic OH excluding ortho intramolecular Hbond substituents is 1. The van der Waals surface area contributed by atoms with Gasteiger partial charge in [0.15, 0.2) is 0 Å². The summed E-state index contributed by atoms with van der Waals surface area (Å²) in [6.45, 7) is 4.01. The lowest BCUT2D eigenvalue weighted by atomic mass is 10.0. The van der Waals surface area contributed by atoms with Crippen LogP contribution in [0.2, 0.25) is 0 Å². The molecule has 3 rings (SSSR count). The topological polar surface area (TPSA) is 87.2 Å². The van der Waals surface area contributed by atoms with Gasteiger partial charge in [-0.15, -0.1) is 0 Å². The van der Waals surface area contributed by atoms with E-state index in [1.165, 1.54) is 13.2 Å². The van der Waals surface area contributed by atoms with E-state index in [1.807, 2.05) is 38.1 Å². The van der Waals surface area contributed by atoms with Crippen LogP contribution in [0.5, 0.6) is 11.5 Å². The molecule has 25 heavy (non-hydrogen) atoms. The van der Waals surface area contributed by atoms with Gasteiger partial charge < -0.3 is 20.1 Å². The Balaban J connectivity index is 1.88. The van der Waals surface area contributed by atoms with Crippen molar-refractivity contribution >= 4 is 16.9 Å². The number of phenols is 1. The number of H-pyrrole nitrogens is 1. The maximum atomic E-state index is 12.6. The van der Waals surface area contributed by atoms with Crippen molar-refractivity contribution < 1.29 is 14.6 Å². The lowest BCUT2D eigenvalue weighted by Gasteiger charge is -2.20. The van der Waals surface area contributed by atoms with Crippen molar-refractivity contribution in [3.63, 3.8) is 0 Å². The molecule has 0 fully saturated rings. The molecule has 0 saturated heterocycles. The number of fused-ring (bicyclic) bond motifs is 1. The predicted molar refractivity (Wildman–Crippen MR) is 95.8 cm³/mol. The standard InChI is InChI=1S/C19H21N3O3/c1-11(2)17(18-20-14-6-4-5-7-15(14)21-18)22-19(24)13-9-8-12(25-3)10-16(13)23/h4-11,17,23H,1-3H3,(H,20,21)(H,22,24). The fourth-order valence-electron chi connectivity index (χ4n) is 2.72. The average molecular weight is 339 g/mol. The monoisotopic (exact) mass is 339 g/mol. The first-order valence-electron chi connectivity index (χ1n) is 8.12. The number of para-hydroxylation sites is 2. The van der Waals surface area contributed by atoms with E-state index >= 15 is 0 Å². The van der Waals surface area contributed by atoms with Crippen LogP contribution in [0, 0.1) is 5.92 Å². The quantitative estimate of drug-likeness (QED) is 0.665. The smallest absolute Gasteiger partial charge is 0.255 e. The Hall–Kier alpha value is -3.02. The first-order chi connectivity index (χ1) is 12.0. The van der Waals surface area contributed by atoms with Crippen LogP contribution in [0.4, 0.5) is 0 Å². The molecule has 6 nitrogen and oxygen atoms in total. The second-order valence-corrected chi connectivity index (χ2v) is 6.22. The molecular weight excluding hydrogens is 318 g/mol. The molecule has 0 spiro atoms. The van der Waals surface area contributed by atoms with Crippen LogP contribution in [0.25, 0.3) is 11.0 Å². The number of hydrogen-bond acceptors (Lipinski definition) is 4. The van der Waals surface area contributed by atoms with Crippen molar-refractivity contribution in [2.75, 3.05) is 7.11 Å². The van der Waals surface area contributed by atoms with Crippen LogP contribution in [-0.4, -0.2) is 28.1 Å². The minimum absolute atomic E-state index is 0.116. The number of nitrogens with one attached hydrogen (secondary N) is 2. The number of amides is 1. The Morgan fingerprint density at radius 1 is 1.24 bits per heavy atom. The van der Waals surface area contributed by atoms with E-state index in [9.17, 15) is 9.90 Å². The number of aromatic hydroxyl groups is 1. The van der Waals surface area contributed by atoms with Crippen molar-refractivity contribution in [3.05, 3.63) is 53.9 Å². The van der Waals surface area contributed by atoms with Gasteiger partial charge in [-0.2, -0.15) is 0 Å². The third-order valence-corrected chi connectivity index (χ3v) is 4.11. The predicted octanol–water partition coefficient (Wildman–Crippen LogP) is 3.40. The molecule has 0 aliphatic rings. The minimum Gasteiger partial charge on any atom is -0.507 e. The fraction of sp³-hybridized carbons (Fsp3) is 0.263. The summed E-state index contributed by atoms with van der Waals surface area (Å²) in [7, 11) is 1.50. The van der Waals surface area contributed by atoms with Crippen molar-refractivity contribution in [1.29, 1.82) is 0 Å². The van der Waals surface area contributed by atoms with Gasteiger partial charge in [-0.1, -0.05) is 26.0 Å². The molecule has 1 unspecified atom stereocenters. The molecule has 0 saturated carbocycles. The number of benzene rings is 2. The molecule has 1 aromatic heterocycles. The Morgan fingerprint density at radius 2 is 2.00 bits per heavy atom. The molecule has 2 aromatic carbocycles. The molecule has 1 heterocycles. The van der Waals surface area contributed by atoms with Gasteiger partial charge in [0.1, 0.15) is 17.3 Å². The van der Waals surface area contributed by atoms with E-state index in [-0.39, 0.29) is 29.2 Å². The minimum atomic E-state index is -0.362. The summed E-state index contributed by atoms with van der Waals surface area (Å²) in [6.07, 6.45) is 0. The van der Waals surface area contributed by atoms with Gasteiger partial charge in [-0.25, -0.2) is 4.98 Å². The van der Waals surface area contributed by atoms with E-state index in [4.69, 9.17) is 4.74 Å². The number of ether oxygens (including phenoxy) is 1. The van der Waals surface area contributed by atoms with E-state index in [1.54, 1.807) is 12.1 Å². The highest BCUT2D eigenvalue weighted by molar-refractivity contribution is 5.97. The van der Waals surface area contributed by atoms with Gasteiger partial charge in [0.2, 0.25) is 0 Å². The Labute approximate surface area is 145 Å². The maximum Gasteiger partial charge on any atom is 0.255 e. The van der Waals surface area contributed by atoms with Crippen LogP contribution in [0.15, 0.2) is 42.5 Å². The van der Waals surface area contributed by atoms with Crippen molar-refractivity contribution in [3.8, 4) is 11.5 Å². The molecule has 3 N–H and O–H groups in total. The van der Waals surface area contributed by atoms with Gasteiger partial charge in [0, 0.05) is 6.07 Å². The van der Waals surface area contributed by atoms with Gasteiger partial charge in [-0.05, 0) is 30.2 Å². The number of aromatic nitrogens is 2. The normalized spacial score (nSPS) is 12.3. The molecule has 130 valence electrons. The summed E-state index contributed by atoms with van der Waals surface area (Å²) in [5.41, 5.74) is 1.97. The Kier molecular flexibility index (Phi) is 4.61. The maximum absolute atomic E-state index is 12.6. The summed E-state index contributed by atoms with van der Waals surface area (Å²) >= 11 is 0. The first kappa shape index (κ1) is 16.8. The lowest BCUT2D eigenvalue weighted by molar-refractivity contribution is 0.0920. The number of hydrogen-bond donors (Lipinski definition) is 3. The van der Waals surface area contributed by atoms with Crippen molar-refractivity contribution in [1.82, 2.24) is 15.3 Å². The zero-order valence-electron chi connectivity index (χ0n) is 14.4. The van der Waals surface area contributed by atoms with Crippen LogP contribution in [0.3, 0.4) is 0 Å². The highest BCUT2D eigenvalue weighted by atomic mass is 16.5. The number of methoxy groups -OCH3 is 1. The van der Waals surface area contributed by atoms with Crippen molar-refractivity contribution in [2.24, 2.45) is 5.92 Å². The number of carbonyl (C=O) groups excluding carboxylic acids is 1. The summed E-state index contributed by atoms with van der Waals surface area (Å²) in [4.78, 5) is 20.5. The largest absolute Gasteiger partial charge is 0.507 e. The average Bonchev–Trinajstić information content (AvgIpc) is 3.02. The highest BCUT2D eigenvalue weighted by Crippen LogP contribution is 2.26. The van der Waals surface area contributed by atoms with Crippen LogP contribution < -0.4 is 10.1 Å². The summed E-state index contributed by atoms with van der Waals surface area (Å²) in [5.74, 6) is 0.817. The molecule has 0 radical (unpaired) electrons. The third kappa shape index (κ3) is 3.42. The zero-order valence-corrected chi connectivity index (χ0v) is 14.4. The molecule has 1 amide bonds. The molecule has 6 heteroatoms. The van der Waals surface area contributed by atoms with Gasteiger partial charge in [0.05, 0.1) is 29.7 Å².